The van der Waals surface area contributed by atoms with Gasteiger partial charge in [-0.25, -0.2) is 0 Å². The van der Waals surface area contributed by atoms with Crippen molar-refractivity contribution in [3.63, 3.8) is 0 Å². The molecule has 4 heteroatoms. The van der Waals surface area contributed by atoms with Crippen molar-refractivity contribution < 1.29 is 9.63 Å². The number of hydrogen-bond donors (Lipinski definition) is 1. The van der Waals surface area contributed by atoms with Crippen molar-refractivity contribution in [3.05, 3.63) is 35.4 Å². The zero-order valence-corrected chi connectivity index (χ0v) is 15.9. The van der Waals surface area contributed by atoms with Crippen LogP contribution in [0.5, 0.6) is 0 Å². The molecule has 0 radical (unpaired) electrons. The molecule has 1 atom stereocenters. The van der Waals surface area contributed by atoms with E-state index in [9.17, 15) is 4.79 Å². The van der Waals surface area contributed by atoms with Gasteiger partial charge in [-0.15, -0.1) is 0 Å². The zero-order chi connectivity index (χ0) is 18.1. The summed E-state index contributed by atoms with van der Waals surface area (Å²) >= 11 is 0. The van der Waals surface area contributed by atoms with Crippen LogP contribution in [0.4, 0.5) is 0 Å². The molecular formula is C22H30N2O2. The van der Waals surface area contributed by atoms with Crippen LogP contribution in [0.3, 0.4) is 0 Å². The maximum atomic E-state index is 12.3. The number of nitrogens with zero attached hydrogens (tertiary/aromatic N) is 1. The minimum absolute atomic E-state index is 0.0148. The Bertz CT molecular complexity index is 662. The minimum atomic E-state index is -0.0600. The predicted molar refractivity (Wildman–Crippen MR) is 103 cm³/mol. The summed E-state index contributed by atoms with van der Waals surface area (Å²) in [6.45, 7) is 4.21. The van der Waals surface area contributed by atoms with Crippen LogP contribution < -0.4 is 5.32 Å². The molecule has 1 aromatic rings. The summed E-state index contributed by atoms with van der Waals surface area (Å²) < 4.78 is 0. The highest BCUT2D eigenvalue weighted by atomic mass is 16.6. The number of amides is 1. The molecule has 4 bridgehead atoms. The van der Waals surface area contributed by atoms with Crippen molar-refractivity contribution in [2.24, 2.45) is 28.3 Å². The van der Waals surface area contributed by atoms with Gasteiger partial charge in [0.2, 0.25) is 0 Å². The fraction of sp³-hybridized carbons (Fsp3) is 0.636. The van der Waals surface area contributed by atoms with E-state index >= 15 is 0 Å². The number of benzene rings is 1. The lowest BCUT2D eigenvalue weighted by Gasteiger charge is -2.59. The van der Waals surface area contributed by atoms with E-state index in [1.54, 1.807) is 6.21 Å². The molecule has 1 N–H and O–H groups in total. The number of aryl methyl sites for hydroxylation is 1. The Labute approximate surface area is 156 Å². The van der Waals surface area contributed by atoms with Crippen molar-refractivity contribution in [2.45, 2.75) is 58.4 Å². The summed E-state index contributed by atoms with van der Waals surface area (Å²) in [5.74, 6) is 2.64. The first-order valence-corrected chi connectivity index (χ1v) is 10.0. The SMILES string of the molecule is Cc1ccccc1/C=N\OCC(=O)N[C@H](C)C12CC3CC(CC(C3)C1)C2. The average Bonchev–Trinajstić information content (AvgIpc) is 2.59. The second-order valence-corrected chi connectivity index (χ2v) is 8.93. The molecule has 0 saturated heterocycles. The lowest BCUT2D eigenvalue weighted by Crippen LogP contribution is -2.56. The van der Waals surface area contributed by atoms with Crippen LogP contribution in [0, 0.1) is 30.1 Å². The van der Waals surface area contributed by atoms with Gasteiger partial charge in [-0.2, -0.15) is 0 Å². The Hall–Kier alpha value is -1.84. The van der Waals surface area contributed by atoms with Crippen molar-refractivity contribution in [1.29, 1.82) is 0 Å². The quantitative estimate of drug-likeness (QED) is 0.618. The number of nitrogens with one attached hydrogen (secondary N) is 1. The van der Waals surface area contributed by atoms with Crippen LogP contribution in [0.2, 0.25) is 0 Å². The van der Waals surface area contributed by atoms with Gasteiger partial charge in [0.25, 0.3) is 5.91 Å². The molecule has 4 fully saturated rings. The first-order chi connectivity index (χ1) is 12.5. The van der Waals surface area contributed by atoms with E-state index in [0.29, 0.717) is 5.41 Å². The lowest BCUT2D eigenvalue weighted by molar-refractivity contribution is -0.130. The molecule has 4 saturated carbocycles. The van der Waals surface area contributed by atoms with Crippen LogP contribution in [0.25, 0.3) is 0 Å². The van der Waals surface area contributed by atoms with Crippen molar-refractivity contribution in [3.8, 4) is 0 Å². The molecule has 5 rings (SSSR count). The van der Waals surface area contributed by atoms with Gasteiger partial charge in [-0.1, -0.05) is 29.4 Å². The van der Waals surface area contributed by atoms with Gasteiger partial charge < -0.3 is 10.2 Å². The van der Waals surface area contributed by atoms with E-state index in [4.69, 9.17) is 4.84 Å². The monoisotopic (exact) mass is 354 g/mol. The largest absolute Gasteiger partial charge is 0.386 e. The van der Waals surface area contributed by atoms with Crippen LogP contribution >= 0.6 is 0 Å². The smallest absolute Gasteiger partial charge is 0.261 e. The molecule has 26 heavy (non-hydrogen) atoms. The van der Waals surface area contributed by atoms with Crippen LogP contribution in [0.1, 0.15) is 56.6 Å². The number of carbonyl (C=O) groups excluding carboxylic acids is 1. The molecule has 1 aromatic carbocycles. The zero-order valence-electron chi connectivity index (χ0n) is 15.9. The maximum absolute atomic E-state index is 12.3. The number of carbonyl (C=O) groups is 1. The Balaban J connectivity index is 1.28. The normalized spacial score (nSPS) is 33.4. The fourth-order valence-electron chi connectivity index (χ4n) is 6.07. The van der Waals surface area contributed by atoms with Gasteiger partial charge in [0.1, 0.15) is 0 Å². The summed E-state index contributed by atoms with van der Waals surface area (Å²) in [7, 11) is 0. The molecule has 0 aliphatic heterocycles. The first-order valence-electron chi connectivity index (χ1n) is 10.0. The summed E-state index contributed by atoms with van der Waals surface area (Å²) in [5, 5.41) is 7.17. The van der Waals surface area contributed by atoms with Gasteiger partial charge >= 0.3 is 0 Å². The van der Waals surface area contributed by atoms with Gasteiger partial charge in [0.05, 0.1) is 6.21 Å². The van der Waals surface area contributed by atoms with Crippen molar-refractivity contribution in [2.75, 3.05) is 6.61 Å². The van der Waals surface area contributed by atoms with Gasteiger partial charge in [0.15, 0.2) is 6.61 Å². The molecule has 0 aromatic heterocycles. The van der Waals surface area contributed by atoms with Crippen LogP contribution in [-0.2, 0) is 9.63 Å². The van der Waals surface area contributed by atoms with Crippen LogP contribution in [-0.4, -0.2) is 24.8 Å². The minimum Gasteiger partial charge on any atom is -0.386 e. The second kappa shape index (κ2) is 7.05. The van der Waals surface area contributed by atoms with E-state index < -0.39 is 0 Å². The second-order valence-electron chi connectivity index (χ2n) is 8.93. The highest BCUT2D eigenvalue weighted by Gasteiger charge is 2.53. The average molecular weight is 354 g/mol. The van der Waals surface area contributed by atoms with Crippen molar-refractivity contribution in [1.82, 2.24) is 5.32 Å². The highest BCUT2D eigenvalue weighted by Crippen LogP contribution is 2.61. The summed E-state index contributed by atoms with van der Waals surface area (Å²) in [5.41, 5.74) is 2.48. The van der Waals surface area contributed by atoms with E-state index in [0.717, 1.165) is 28.9 Å². The lowest BCUT2D eigenvalue weighted by atomic mass is 9.48. The van der Waals surface area contributed by atoms with E-state index in [2.05, 4.69) is 17.4 Å². The third-order valence-electron chi connectivity index (χ3n) is 7.03. The molecular weight excluding hydrogens is 324 g/mol. The molecule has 0 unspecified atom stereocenters. The Kier molecular flexibility index (Phi) is 4.76. The molecule has 4 nitrogen and oxygen atoms in total. The van der Waals surface area contributed by atoms with E-state index in [1.807, 2.05) is 31.2 Å². The van der Waals surface area contributed by atoms with Gasteiger partial charge in [0, 0.05) is 6.04 Å². The van der Waals surface area contributed by atoms with E-state index in [-0.39, 0.29) is 18.6 Å². The van der Waals surface area contributed by atoms with Gasteiger partial charge in [-0.05, 0) is 86.7 Å². The molecule has 4 aliphatic rings. The number of hydrogen-bond acceptors (Lipinski definition) is 3. The topological polar surface area (TPSA) is 50.7 Å². The summed E-state index contributed by atoms with van der Waals surface area (Å²) in [6, 6.07) is 8.20. The first kappa shape index (κ1) is 17.6. The predicted octanol–water partition coefficient (Wildman–Crippen LogP) is 4.07. The summed E-state index contributed by atoms with van der Waals surface area (Å²) in [6.07, 6.45) is 9.85. The number of oxime groups is 1. The van der Waals surface area contributed by atoms with Crippen molar-refractivity contribution >= 4 is 12.1 Å². The number of rotatable bonds is 6. The standard InChI is InChI=1S/C22H30N2O2/c1-15-5-3-4-6-20(15)13-23-26-14-21(25)24-16(2)22-10-17-7-18(11-22)9-19(8-17)12-22/h3-6,13,16-19H,7-12,14H2,1-2H3,(H,24,25)/b23-13-/t16-,17?,18?,19?,22?/m1/s1. The molecule has 0 heterocycles. The third kappa shape index (κ3) is 3.51. The maximum Gasteiger partial charge on any atom is 0.261 e. The summed E-state index contributed by atoms with van der Waals surface area (Å²) in [4.78, 5) is 17.5. The van der Waals surface area contributed by atoms with Gasteiger partial charge in [-0.3, -0.25) is 4.79 Å². The Morgan fingerprint density at radius 3 is 2.46 bits per heavy atom. The van der Waals surface area contributed by atoms with Crippen LogP contribution in [0.15, 0.2) is 29.4 Å². The Morgan fingerprint density at radius 2 is 1.85 bits per heavy atom. The molecule has 0 spiro atoms. The highest BCUT2D eigenvalue weighted by molar-refractivity contribution is 5.81. The Morgan fingerprint density at radius 1 is 1.23 bits per heavy atom. The molecule has 1 amide bonds. The third-order valence-corrected chi connectivity index (χ3v) is 7.03. The van der Waals surface area contributed by atoms with E-state index in [1.165, 1.54) is 38.5 Å². The molecule has 4 aliphatic carbocycles. The fourth-order valence-corrected chi connectivity index (χ4v) is 6.07. The molecule has 140 valence electrons.